The molecule has 0 spiro atoms. The normalized spacial score (nSPS) is 10.9. The molecule has 1 aromatic heterocycles. The number of carbonyl (C=O) groups excluding carboxylic acids is 1. The fraction of sp³-hybridized carbons (Fsp3) is 0.125. The molecule has 1 heterocycles. The van der Waals surface area contributed by atoms with E-state index in [1.807, 2.05) is 6.07 Å². The number of halogens is 3. The Morgan fingerprint density at radius 2 is 1.94 bits per heavy atom. The minimum Gasteiger partial charge on any atom is -0.464 e. The molecule has 0 bridgehead atoms. The minimum absolute atomic E-state index is 0.0350. The molecule has 1 N–H and O–H groups in total. The SMILES string of the molecule is COC(=O)c1nc(C#C/C=N/Nc2ccc(C#N)cc2)c(C)n(-c2cccc(C(F)(F)F)c2)c1=O. The Bertz CT molecular complexity index is 1460. The van der Waals surface area contributed by atoms with Gasteiger partial charge in [0.05, 0.1) is 41.9 Å². The van der Waals surface area contributed by atoms with Gasteiger partial charge in [0.15, 0.2) is 0 Å². The van der Waals surface area contributed by atoms with Crippen molar-refractivity contribution < 1.29 is 22.7 Å². The van der Waals surface area contributed by atoms with Crippen LogP contribution in [0.1, 0.15) is 33.0 Å². The molecule has 0 aliphatic rings. The summed E-state index contributed by atoms with van der Waals surface area (Å²) in [5.41, 5.74) is 1.20. The van der Waals surface area contributed by atoms with Crippen LogP contribution in [-0.2, 0) is 10.9 Å². The Labute approximate surface area is 197 Å². The zero-order valence-corrected chi connectivity index (χ0v) is 18.3. The Morgan fingerprint density at radius 1 is 1.23 bits per heavy atom. The lowest BCUT2D eigenvalue weighted by Crippen LogP contribution is -2.30. The molecule has 0 amide bonds. The first-order valence-electron chi connectivity index (χ1n) is 9.84. The van der Waals surface area contributed by atoms with Gasteiger partial charge in [-0.15, -0.1) is 0 Å². The maximum atomic E-state index is 13.2. The molecule has 0 aliphatic heterocycles. The van der Waals surface area contributed by atoms with Gasteiger partial charge in [0, 0.05) is 5.69 Å². The van der Waals surface area contributed by atoms with Crippen molar-refractivity contribution in [3.63, 3.8) is 0 Å². The maximum Gasteiger partial charge on any atom is 0.416 e. The standard InChI is InChI=1S/C24H16F3N5O3/c1-15-20(7-4-12-29-31-18-10-8-16(14-28)9-11-18)30-21(23(34)35-2)22(33)32(15)19-6-3-5-17(13-19)24(25,26)27/h3,5-6,8-13,31H,1-2H3/b29-12+. The van der Waals surface area contributed by atoms with Crippen LogP contribution in [0.3, 0.4) is 0 Å². The summed E-state index contributed by atoms with van der Waals surface area (Å²) in [6.45, 7) is 1.44. The van der Waals surface area contributed by atoms with Crippen LogP contribution in [0.25, 0.3) is 5.69 Å². The molecule has 2 aromatic carbocycles. The van der Waals surface area contributed by atoms with Crippen molar-refractivity contribution in [2.45, 2.75) is 13.1 Å². The number of ether oxygens (including phenoxy) is 1. The first-order chi connectivity index (χ1) is 16.7. The van der Waals surface area contributed by atoms with E-state index in [1.54, 1.807) is 24.3 Å². The summed E-state index contributed by atoms with van der Waals surface area (Å²) in [6, 6.07) is 12.6. The number of alkyl halides is 3. The van der Waals surface area contributed by atoms with E-state index >= 15 is 0 Å². The third kappa shape index (κ3) is 5.72. The van der Waals surface area contributed by atoms with Gasteiger partial charge in [-0.05, 0) is 61.2 Å². The van der Waals surface area contributed by atoms with Gasteiger partial charge in [0.2, 0.25) is 5.69 Å². The second-order valence-electron chi connectivity index (χ2n) is 6.90. The number of nitriles is 1. The molecule has 176 valence electrons. The number of hydrazone groups is 1. The van der Waals surface area contributed by atoms with Crippen LogP contribution in [0.5, 0.6) is 0 Å². The minimum atomic E-state index is -4.63. The molecule has 11 heteroatoms. The average Bonchev–Trinajstić information content (AvgIpc) is 2.84. The average molecular weight is 479 g/mol. The highest BCUT2D eigenvalue weighted by molar-refractivity contribution is 5.87. The summed E-state index contributed by atoms with van der Waals surface area (Å²) >= 11 is 0. The van der Waals surface area contributed by atoms with Crippen molar-refractivity contribution in [2.24, 2.45) is 5.10 Å². The van der Waals surface area contributed by atoms with E-state index in [0.29, 0.717) is 11.3 Å². The molecule has 0 aliphatic carbocycles. The van der Waals surface area contributed by atoms with Crippen molar-refractivity contribution >= 4 is 17.9 Å². The zero-order valence-electron chi connectivity index (χ0n) is 18.3. The third-order valence-corrected chi connectivity index (χ3v) is 4.65. The molecule has 0 fully saturated rings. The molecule has 0 saturated heterocycles. The monoisotopic (exact) mass is 479 g/mol. The van der Waals surface area contributed by atoms with Crippen LogP contribution >= 0.6 is 0 Å². The number of methoxy groups -OCH3 is 1. The van der Waals surface area contributed by atoms with E-state index in [0.717, 1.165) is 29.9 Å². The summed E-state index contributed by atoms with van der Waals surface area (Å²) in [6.07, 6.45) is -3.44. The van der Waals surface area contributed by atoms with Crippen molar-refractivity contribution in [2.75, 3.05) is 12.5 Å². The third-order valence-electron chi connectivity index (χ3n) is 4.65. The topological polar surface area (TPSA) is 109 Å². The molecule has 0 unspecified atom stereocenters. The Hall–Kier alpha value is -4.90. The lowest BCUT2D eigenvalue weighted by Gasteiger charge is -2.14. The second-order valence-corrected chi connectivity index (χ2v) is 6.90. The molecule has 0 radical (unpaired) electrons. The first-order valence-corrected chi connectivity index (χ1v) is 9.84. The number of hydrogen-bond donors (Lipinski definition) is 1. The van der Waals surface area contributed by atoms with Crippen LogP contribution in [0.15, 0.2) is 58.4 Å². The highest BCUT2D eigenvalue weighted by atomic mass is 19.4. The second kappa shape index (κ2) is 10.4. The van der Waals surface area contributed by atoms with Crippen LogP contribution < -0.4 is 11.0 Å². The lowest BCUT2D eigenvalue weighted by atomic mass is 10.1. The van der Waals surface area contributed by atoms with Gasteiger partial charge in [-0.2, -0.15) is 23.5 Å². The first kappa shape index (κ1) is 24.7. The fourth-order valence-electron chi connectivity index (χ4n) is 2.94. The number of nitrogens with zero attached hydrogens (tertiary/aromatic N) is 4. The molecular formula is C24H16F3N5O3. The molecule has 3 rings (SSSR count). The number of esters is 1. The van der Waals surface area contributed by atoms with E-state index in [9.17, 15) is 22.8 Å². The van der Waals surface area contributed by atoms with E-state index in [4.69, 9.17) is 5.26 Å². The van der Waals surface area contributed by atoms with Crippen LogP contribution in [-0.4, -0.2) is 28.8 Å². The number of nitrogens with one attached hydrogen (secondary N) is 1. The highest BCUT2D eigenvalue weighted by Crippen LogP contribution is 2.30. The smallest absolute Gasteiger partial charge is 0.416 e. The van der Waals surface area contributed by atoms with Crippen molar-refractivity contribution in [3.05, 3.63) is 87.1 Å². The van der Waals surface area contributed by atoms with Gasteiger partial charge in [-0.1, -0.05) is 6.07 Å². The number of aromatic nitrogens is 2. The zero-order chi connectivity index (χ0) is 25.6. The molecule has 0 saturated carbocycles. The predicted molar refractivity (Wildman–Crippen MR) is 121 cm³/mol. The van der Waals surface area contributed by atoms with Crippen molar-refractivity contribution in [1.82, 2.24) is 9.55 Å². The largest absolute Gasteiger partial charge is 0.464 e. The van der Waals surface area contributed by atoms with Gasteiger partial charge >= 0.3 is 12.1 Å². The predicted octanol–water partition coefficient (Wildman–Crippen LogP) is 3.67. The Morgan fingerprint density at radius 3 is 2.57 bits per heavy atom. The molecule has 8 nitrogen and oxygen atoms in total. The Kier molecular flexibility index (Phi) is 7.32. The number of carbonyl (C=O) groups is 1. The van der Waals surface area contributed by atoms with Gasteiger partial charge in [0.1, 0.15) is 5.69 Å². The van der Waals surface area contributed by atoms with Gasteiger partial charge in [0.25, 0.3) is 5.56 Å². The van der Waals surface area contributed by atoms with E-state index in [2.05, 4.69) is 32.1 Å². The molecular weight excluding hydrogens is 463 g/mol. The van der Waals surface area contributed by atoms with Gasteiger partial charge in [-0.3, -0.25) is 14.8 Å². The van der Waals surface area contributed by atoms with Gasteiger partial charge in [-0.25, -0.2) is 9.78 Å². The fourth-order valence-corrected chi connectivity index (χ4v) is 2.94. The number of anilines is 1. The van der Waals surface area contributed by atoms with Crippen molar-refractivity contribution in [1.29, 1.82) is 5.26 Å². The quantitative estimate of drug-likeness (QED) is 0.265. The lowest BCUT2D eigenvalue weighted by molar-refractivity contribution is -0.137. The van der Waals surface area contributed by atoms with Crippen molar-refractivity contribution in [3.8, 4) is 23.6 Å². The van der Waals surface area contributed by atoms with Gasteiger partial charge < -0.3 is 4.74 Å². The maximum absolute atomic E-state index is 13.2. The summed E-state index contributed by atoms with van der Waals surface area (Å²) in [7, 11) is 1.05. The molecule has 35 heavy (non-hydrogen) atoms. The summed E-state index contributed by atoms with van der Waals surface area (Å²) < 4.78 is 45.1. The number of hydrogen-bond acceptors (Lipinski definition) is 7. The summed E-state index contributed by atoms with van der Waals surface area (Å²) in [5, 5.41) is 12.7. The summed E-state index contributed by atoms with van der Waals surface area (Å²) in [5.74, 6) is 4.16. The van der Waals surface area contributed by atoms with Crippen LogP contribution in [0.4, 0.5) is 18.9 Å². The van der Waals surface area contributed by atoms with E-state index in [1.165, 1.54) is 19.2 Å². The van der Waals surface area contributed by atoms with E-state index < -0.39 is 29.0 Å². The highest BCUT2D eigenvalue weighted by Gasteiger charge is 2.31. The van der Waals surface area contributed by atoms with E-state index in [-0.39, 0.29) is 17.1 Å². The molecule has 0 atom stereocenters. The van der Waals surface area contributed by atoms with Crippen LogP contribution in [0.2, 0.25) is 0 Å². The number of benzene rings is 2. The molecule has 3 aromatic rings. The summed E-state index contributed by atoms with van der Waals surface area (Å²) in [4.78, 5) is 29.0. The Balaban J connectivity index is 2.01. The number of rotatable bonds is 4. The van der Waals surface area contributed by atoms with Crippen LogP contribution in [0, 0.1) is 30.1 Å².